The summed E-state index contributed by atoms with van der Waals surface area (Å²) >= 11 is 1.60. The SMILES string of the molecule is N#Cc1ccc(NCc2nc(-c3cccs3)n[nH]2)cn1. The van der Waals surface area contributed by atoms with Gasteiger partial charge in [0.25, 0.3) is 0 Å². The molecule has 3 aromatic heterocycles. The first-order valence-electron chi connectivity index (χ1n) is 5.90. The van der Waals surface area contributed by atoms with Crippen LogP contribution in [0.5, 0.6) is 0 Å². The number of hydrogen-bond acceptors (Lipinski definition) is 6. The molecule has 7 heteroatoms. The van der Waals surface area contributed by atoms with Gasteiger partial charge in [-0.3, -0.25) is 5.10 Å². The summed E-state index contributed by atoms with van der Waals surface area (Å²) in [4.78, 5) is 9.43. The second kappa shape index (κ2) is 5.50. The van der Waals surface area contributed by atoms with E-state index in [4.69, 9.17) is 5.26 Å². The molecule has 3 aromatic rings. The molecule has 0 amide bonds. The lowest BCUT2D eigenvalue weighted by molar-refractivity contribution is 0.953. The van der Waals surface area contributed by atoms with Gasteiger partial charge in [-0.15, -0.1) is 11.3 Å². The zero-order chi connectivity index (χ0) is 13.8. The zero-order valence-corrected chi connectivity index (χ0v) is 11.2. The van der Waals surface area contributed by atoms with Gasteiger partial charge in [0, 0.05) is 0 Å². The van der Waals surface area contributed by atoms with Crippen molar-refractivity contribution < 1.29 is 0 Å². The fourth-order valence-corrected chi connectivity index (χ4v) is 2.30. The van der Waals surface area contributed by atoms with Crippen molar-refractivity contribution in [2.75, 3.05) is 5.32 Å². The minimum absolute atomic E-state index is 0.398. The highest BCUT2D eigenvalue weighted by molar-refractivity contribution is 7.13. The first kappa shape index (κ1) is 12.3. The van der Waals surface area contributed by atoms with E-state index in [1.165, 1.54) is 0 Å². The third-order valence-electron chi connectivity index (χ3n) is 2.61. The number of hydrogen-bond donors (Lipinski definition) is 2. The molecule has 0 fully saturated rings. The molecule has 2 N–H and O–H groups in total. The predicted octanol–water partition coefficient (Wildman–Crippen LogP) is 2.41. The Balaban J connectivity index is 1.65. The molecule has 20 heavy (non-hydrogen) atoms. The largest absolute Gasteiger partial charge is 0.377 e. The van der Waals surface area contributed by atoms with Gasteiger partial charge in [-0.1, -0.05) is 6.07 Å². The first-order valence-corrected chi connectivity index (χ1v) is 6.78. The van der Waals surface area contributed by atoms with Gasteiger partial charge in [0.1, 0.15) is 17.6 Å². The quantitative estimate of drug-likeness (QED) is 0.767. The van der Waals surface area contributed by atoms with E-state index in [1.807, 2.05) is 29.6 Å². The van der Waals surface area contributed by atoms with Crippen molar-refractivity contribution in [3.05, 3.63) is 47.4 Å². The number of thiophene rings is 1. The smallest absolute Gasteiger partial charge is 0.191 e. The lowest BCUT2D eigenvalue weighted by Gasteiger charge is -2.02. The van der Waals surface area contributed by atoms with Gasteiger partial charge in [0.05, 0.1) is 23.3 Å². The van der Waals surface area contributed by atoms with Crippen LogP contribution in [0.15, 0.2) is 35.8 Å². The number of rotatable bonds is 4. The van der Waals surface area contributed by atoms with Gasteiger partial charge in [-0.25, -0.2) is 9.97 Å². The summed E-state index contributed by atoms with van der Waals surface area (Å²) in [7, 11) is 0. The Morgan fingerprint density at radius 2 is 2.30 bits per heavy atom. The number of aromatic amines is 1. The predicted molar refractivity (Wildman–Crippen MR) is 76.0 cm³/mol. The Morgan fingerprint density at radius 1 is 1.35 bits per heavy atom. The molecule has 0 aliphatic carbocycles. The third-order valence-corrected chi connectivity index (χ3v) is 3.48. The van der Waals surface area contributed by atoms with Crippen molar-refractivity contribution in [1.29, 1.82) is 5.26 Å². The van der Waals surface area contributed by atoms with E-state index in [1.54, 1.807) is 23.6 Å². The number of H-pyrrole nitrogens is 1. The lowest BCUT2D eigenvalue weighted by atomic mass is 10.3. The van der Waals surface area contributed by atoms with Crippen LogP contribution in [-0.4, -0.2) is 20.2 Å². The maximum absolute atomic E-state index is 8.67. The number of nitrogens with zero attached hydrogens (tertiary/aromatic N) is 4. The number of aromatic nitrogens is 4. The molecular formula is C13H10N6S. The lowest BCUT2D eigenvalue weighted by Crippen LogP contribution is -2.01. The normalized spacial score (nSPS) is 10.2. The van der Waals surface area contributed by atoms with E-state index in [0.717, 1.165) is 16.4 Å². The second-order valence-corrected chi connectivity index (χ2v) is 4.93. The molecule has 3 heterocycles. The highest BCUT2D eigenvalue weighted by Crippen LogP contribution is 2.20. The van der Waals surface area contributed by atoms with E-state index in [9.17, 15) is 0 Å². The first-order chi connectivity index (χ1) is 9.85. The van der Waals surface area contributed by atoms with Gasteiger partial charge in [0.2, 0.25) is 0 Å². The Hall–Kier alpha value is -2.72. The maximum Gasteiger partial charge on any atom is 0.191 e. The molecule has 0 bridgehead atoms. The third kappa shape index (κ3) is 2.65. The average molecular weight is 282 g/mol. The second-order valence-electron chi connectivity index (χ2n) is 3.98. The molecule has 0 saturated heterocycles. The van der Waals surface area contributed by atoms with Crippen LogP contribution in [-0.2, 0) is 6.54 Å². The summed E-state index contributed by atoms with van der Waals surface area (Å²) in [5, 5.41) is 20.9. The van der Waals surface area contributed by atoms with E-state index in [-0.39, 0.29) is 0 Å². The van der Waals surface area contributed by atoms with Crippen molar-refractivity contribution in [2.45, 2.75) is 6.54 Å². The summed E-state index contributed by atoms with van der Waals surface area (Å²) < 4.78 is 0. The van der Waals surface area contributed by atoms with Crippen LogP contribution in [0.25, 0.3) is 10.7 Å². The van der Waals surface area contributed by atoms with Crippen LogP contribution >= 0.6 is 11.3 Å². The van der Waals surface area contributed by atoms with Crippen molar-refractivity contribution in [1.82, 2.24) is 20.2 Å². The summed E-state index contributed by atoms with van der Waals surface area (Å²) in [5.41, 5.74) is 1.23. The van der Waals surface area contributed by atoms with E-state index < -0.39 is 0 Å². The molecule has 0 aliphatic rings. The zero-order valence-electron chi connectivity index (χ0n) is 10.4. The van der Waals surface area contributed by atoms with Gasteiger partial charge in [-0.2, -0.15) is 10.4 Å². The van der Waals surface area contributed by atoms with Crippen LogP contribution in [0.1, 0.15) is 11.5 Å². The number of nitrogens with one attached hydrogen (secondary N) is 2. The summed E-state index contributed by atoms with van der Waals surface area (Å²) in [5.74, 6) is 1.45. The number of anilines is 1. The highest BCUT2D eigenvalue weighted by Gasteiger charge is 2.06. The topological polar surface area (TPSA) is 90.3 Å². The molecule has 3 rings (SSSR count). The molecule has 0 atom stereocenters. The van der Waals surface area contributed by atoms with Crippen LogP contribution in [0.3, 0.4) is 0 Å². The number of nitriles is 1. The molecule has 98 valence electrons. The molecule has 6 nitrogen and oxygen atoms in total. The molecule has 0 saturated carbocycles. The van der Waals surface area contributed by atoms with E-state index in [0.29, 0.717) is 18.1 Å². The van der Waals surface area contributed by atoms with Crippen LogP contribution in [0.2, 0.25) is 0 Å². The van der Waals surface area contributed by atoms with Crippen LogP contribution < -0.4 is 5.32 Å². The van der Waals surface area contributed by atoms with E-state index >= 15 is 0 Å². The molecule has 0 spiro atoms. The van der Waals surface area contributed by atoms with Crippen LogP contribution in [0, 0.1) is 11.3 Å². The van der Waals surface area contributed by atoms with Gasteiger partial charge in [-0.05, 0) is 23.6 Å². The van der Waals surface area contributed by atoms with Gasteiger partial charge in [0.15, 0.2) is 5.82 Å². The van der Waals surface area contributed by atoms with Crippen molar-refractivity contribution in [3.8, 4) is 16.8 Å². The Kier molecular flexibility index (Phi) is 3.39. The maximum atomic E-state index is 8.67. The fraction of sp³-hybridized carbons (Fsp3) is 0.0769. The summed E-state index contributed by atoms with van der Waals surface area (Å²) in [6, 6.07) is 9.41. The Morgan fingerprint density at radius 3 is 3.00 bits per heavy atom. The van der Waals surface area contributed by atoms with E-state index in [2.05, 4.69) is 25.5 Å². The average Bonchev–Trinajstić information content (AvgIpc) is 3.16. The molecule has 0 unspecified atom stereocenters. The van der Waals surface area contributed by atoms with Crippen LogP contribution in [0.4, 0.5) is 5.69 Å². The molecule has 0 aliphatic heterocycles. The minimum Gasteiger partial charge on any atom is -0.377 e. The van der Waals surface area contributed by atoms with Gasteiger partial charge >= 0.3 is 0 Å². The minimum atomic E-state index is 0.398. The number of pyridine rings is 1. The standard InChI is InChI=1S/C13H10N6S/c14-6-9-3-4-10(7-15-9)16-8-12-17-13(19-18-12)11-2-1-5-20-11/h1-5,7,16H,8H2,(H,17,18,19). The summed E-state index contributed by atoms with van der Waals surface area (Å²) in [6.45, 7) is 0.520. The van der Waals surface area contributed by atoms with Crippen molar-refractivity contribution >= 4 is 17.0 Å². The molecule has 0 radical (unpaired) electrons. The fourth-order valence-electron chi connectivity index (χ4n) is 1.64. The summed E-state index contributed by atoms with van der Waals surface area (Å²) in [6.07, 6.45) is 1.62. The van der Waals surface area contributed by atoms with Crippen molar-refractivity contribution in [2.24, 2.45) is 0 Å². The van der Waals surface area contributed by atoms with Gasteiger partial charge < -0.3 is 5.32 Å². The Labute approximate surface area is 119 Å². The Bertz CT molecular complexity index is 723. The highest BCUT2D eigenvalue weighted by atomic mass is 32.1. The monoisotopic (exact) mass is 282 g/mol. The molecular weight excluding hydrogens is 272 g/mol. The van der Waals surface area contributed by atoms with Crippen molar-refractivity contribution in [3.63, 3.8) is 0 Å². The molecule has 0 aromatic carbocycles.